The summed E-state index contributed by atoms with van der Waals surface area (Å²) in [5, 5.41) is 4.86. The molecule has 2 rings (SSSR count). The quantitative estimate of drug-likeness (QED) is 0.828. The van der Waals surface area contributed by atoms with Gasteiger partial charge in [0.05, 0.1) is 19.2 Å². The fraction of sp³-hybridized carbons (Fsp3) is 0.154. The Morgan fingerprint density at radius 1 is 1.37 bits per heavy atom. The molecule has 0 fully saturated rings. The Bertz CT molecular complexity index is 598. The molecule has 3 nitrogen and oxygen atoms in total. The van der Waals surface area contributed by atoms with Crippen molar-refractivity contribution in [2.75, 3.05) is 7.11 Å². The average molecular weight is 405 g/mol. The molecule has 2 aromatic rings. The standard InChI is InChI=1S/C13H11Br2NO2S/c1-18-11-6-8(14)2-3-9(11)13(17)16-7-12-10(15)4-5-19-12/h2-6H,7H2,1H3,(H,16,17). The van der Waals surface area contributed by atoms with E-state index in [4.69, 9.17) is 4.74 Å². The van der Waals surface area contributed by atoms with Crippen LogP contribution in [0.15, 0.2) is 38.6 Å². The molecule has 6 heteroatoms. The summed E-state index contributed by atoms with van der Waals surface area (Å²) in [6.07, 6.45) is 0. The first-order valence-electron chi connectivity index (χ1n) is 5.45. The van der Waals surface area contributed by atoms with E-state index in [-0.39, 0.29) is 5.91 Å². The zero-order valence-electron chi connectivity index (χ0n) is 10.1. The van der Waals surface area contributed by atoms with E-state index in [0.717, 1.165) is 13.8 Å². The SMILES string of the molecule is COc1cc(Br)ccc1C(=O)NCc1sccc1Br. The maximum atomic E-state index is 12.1. The van der Waals surface area contributed by atoms with Gasteiger partial charge in [-0.1, -0.05) is 15.9 Å². The van der Waals surface area contributed by atoms with Crippen LogP contribution < -0.4 is 10.1 Å². The molecule has 0 aliphatic rings. The number of carbonyl (C=O) groups excluding carboxylic acids is 1. The molecule has 19 heavy (non-hydrogen) atoms. The lowest BCUT2D eigenvalue weighted by molar-refractivity contribution is 0.0948. The number of benzene rings is 1. The van der Waals surface area contributed by atoms with E-state index < -0.39 is 0 Å². The molecule has 0 bridgehead atoms. The van der Waals surface area contributed by atoms with Gasteiger partial charge in [0.1, 0.15) is 5.75 Å². The summed E-state index contributed by atoms with van der Waals surface area (Å²) in [5.74, 6) is 0.404. The van der Waals surface area contributed by atoms with E-state index in [1.165, 1.54) is 0 Å². The van der Waals surface area contributed by atoms with Crippen molar-refractivity contribution in [3.05, 3.63) is 49.0 Å². The number of ether oxygens (including phenoxy) is 1. The first kappa shape index (κ1) is 14.6. The first-order valence-corrected chi connectivity index (χ1v) is 7.92. The minimum absolute atomic E-state index is 0.148. The first-order chi connectivity index (χ1) is 9.11. The average Bonchev–Trinajstić information content (AvgIpc) is 2.81. The van der Waals surface area contributed by atoms with Crippen molar-refractivity contribution in [2.45, 2.75) is 6.54 Å². The van der Waals surface area contributed by atoms with Gasteiger partial charge >= 0.3 is 0 Å². The Balaban J connectivity index is 2.10. The maximum Gasteiger partial charge on any atom is 0.255 e. The van der Waals surface area contributed by atoms with Crippen LogP contribution in [0, 0.1) is 0 Å². The van der Waals surface area contributed by atoms with Crippen LogP contribution >= 0.6 is 43.2 Å². The van der Waals surface area contributed by atoms with Crippen LogP contribution in [0.3, 0.4) is 0 Å². The molecule has 0 aliphatic heterocycles. The molecule has 1 aromatic heterocycles. The molecule has 0 unspecified atom stereocenters. The fourth-order valence-corrected chi connectivity index (χ4v) is 3.33. The molecule has 0 radical (unpaired) electrons. The number of methoxy groups -OCH3 is 1. The number of rotatable bonds is 4. The third kappa shape index (κ3) is 3.58. The van der Waals surface area contributed by atoms with Crippen LogP contribution in [-0.4, -0.2) is 13.0 Å². The Morgan fingerprint density at radius 3 is 2.79 bits per heavy atom. The maximum absolute atomic E-state index is 12.1. The summed E-state index contributed by atoms with van der Waals surface area (Å²) in [6, 6.07) is 7.29. The van der Waals surface area contributed by atoms with Gasteiger partial charge in [-0.3, -0.25) is 4.79 Å². The highest BCUT2D eigenvalue weighted by molar-refractivity contribution is 9.10. The predicted molar refractivity (Wildman–Crippen MR) is 83.9 cm³/mol. The summed E-state index contributed by atoms with van der Waals surface area (Å²) in [7, 11) is 1.55. The second-order valence-corrected chi connectivity index (χ2v) is 6.49. The smallest absolute Gasteiger partial charge is 0.255 e. The molecule has 0 atom stereocenters. The largest absolute Gasteiger partial charge is 0.496 e. The Morgan fingerprint density at radius 2 is 2.16 bits per heavy atom. The highest BCUT2D eigenvalue weighted by atomic mass is 79.9. The summed E-state index contributed by atoms with van der Waals surface area (Å²) in [6.45, 7) is 0.496. The number of nitrogens with one attached hydrogen (secondary N) is 1. The number of halogens is 2. The monoisotopic (exact) mass is 403 g/mol. The van der Waals surface area contributed by atoms with Crippen LogP contribution in [0.5, 0.6) is 5.75 Å². The van der Waals surface area contributed by atoms with Gasteiger partial charge < -0.3 is 10.1 Å². The van der Waals surface area contributed by atoms with E-state index in [9.17, 15) is 4.79 Å². The van der Waals surface area contributed by atoms with Crippen LogP contribution in [0.2, 0.25) is 0 Å². The Kier molecular flexibility index (Phi) is 5.01. The lowest BCUT2D eigenvalue weighted by Crippen LogP contribution is -2.23. The van der Waals surface area contributed by atoms with Crippen molar-refractivity contribution in [3.63, 3.8) is 0 Å². The fourth-order valence-electron chi connectivity index (χ4n) is 1.56. The minimum atomic E-state index is -0.148. The molecule has 1 heterocycles. The second-order valence-electron chi connectivity index (χ2n) is 3.72. The lowest BCUT2D eigenvalue weighted by Gasteiger charge is -2.09. The van der Waals surface area contributed by atoms with E-state index >= 15 is 0 Å². The Labute approximate surface area is 132 Å². The molecule has 0 aliphatic carbocycles. The number of amides is 1. The predicted octanol–water partition coefficient (Wildman–Crippen LogP) is 4.21. The molecule has 1 N–H and O–H groups in total. The van der Waals surface area contributed by atoms with Gasteiger partial charge in [0.2, 0.25) is 0 Å². The van der Waals surface area contributed by atoms with Crippen LogP contribution in [-0.2, 0) is 6.54 Å². The van der Waals surface area contributed by atoms with Crippen molar-refractivity contribution < 1.29 is 9.53 Å². The van der Waals surface area contributed by atoms with Gasteiger partial charge in [-0.25, -0.2) is 0 Å². The normalized spacial score (nSPS) is 10.3. The zero-order chi connectivity index (χ0) is 13.8. The second kappa shape index (κ2) is 6.54. The molecule has 0 saturated carbocycles. The van der Waals surface area contributed by atoms with Gasteiger partial charge in [-0.15, -0.1) is 11.3 Å². The van der Waals surface area contributed by atoms with Crippen molar-refractivity contribution in [3.8, 4) is 5.75 Å². The van der Waals surface area contributed by atoms with E-state index in [1.807, 2.05) is 17.5 Å². The third-order valence-corrected chi connectivity index (χ3v) is 4.93. The summed E-state index contributed by atoms with van der Waals surface area (Å²) in [4.78, 5) is 13.2. The summed E-state index contributed by atoms with van der Waals surface area (Å²) < 4.78 is 7.10. The van der Waals surface area contributed by atoms with Crippen LogP contribution in [0.25, 0.3) is 0 Å². The van der Waals surface area contributed by atoms with Gasteiger partial charge in [0.25, 0.3) is 5.91 Å². The molecule has 0 saturated heterocycles. The molecule has 1 amide bonds. The number of hydrogen-bond donors (Lipinski definition) is 1. The lowest BCUT2D eigenvalue weighted by atomic mass is 10.2. The van der Waals surface area contributed by atoms with Gasteiger partial charge in [-0.2, -0.15) is 0 Å². The molecule has 0 spiro atoms. The van der Waals surface area contributed by atoms with Gasteiger partial charge in [0.15, 0.2) is 0 Å². The number of thiophene rings is 1. The van der Waals surface area contributed by atoms with E-state index in [2.05, 4.69) is 37.2 Å². The highest BCUT2D eigenvalue weighted by Gasteiger charge is 2.13. The number of hydrogen-bond acceptors (Lipinski definition) is 3. The summed E-state index contributed by atoms with van der Waals surface area (Å²) in [5.41, 5.74) is 0.526. The Hall–Kier alpha value is -0.850. The molecule has 100 valence electrons. The minimum Gasteiger partial charge on any atom is -0.496 e. The van der Waals surface area contributed by atoms with Crippen molar-refractivity contribution in [1.29, 1.82) is 0 Å². The molecular weight excluding hydrogens is 394 g/mol. The third-order valence-electron chi connectivity index (χ3n) is 2.51. The van der Waals surface area contributed by atoms with Crippen molar-refractivity contribution in [1.82, 2.24) is 5.32 Å². The molecular formula is C13H11Br2NO2S. The van der Waals surface area contributed by atoms with Gasteiger partial charge in [-0.05, 0) is 45.6 Å². The van der Waals surface area contributed by atoms with E-state index in [1.54, 1.807) is 30.6 Å². The number of carbonyl (C=O) groups is 1. The van der Waals surface area contributed by atoms with Crippen LogP contribution in [0.4, 0.5) is 0 Å². The van der Waals surface area contributed by atoms with Crippen LogP contribution in [0.1, 0.15) is 15.2 Å². The van der Waals surface area contributed by atoms with E-state index in [0.29, 0.717) is 17.9 Å². The van der Waals surface area contributed by atoms with Gasteiger partial charge in [0, 0.05) is 13.8 Å². The topological polar surface area (TPSA) is 38.3 Å². The highest BCUT2D eigenvalue weighted by Crippen LogP contribution is 2.25. The van der Waals surface area contributed by atoms with Crippen molar-refractivity contribution >= 4 is 49.1 Å². The molecule has 1 aromatic carbocycles. The zero-order valence-corrected chi connectivity index (χ0v) is 14.1. The van der Waals surface area contributed by atoms with Crippen molar-refractivity contribution in [2.24, 2.45) is 0 Å². The summed E-state index contributed by atoms with van der Waals surface area (Å²) >= 11 is 8.39.